The van der Waals surface area contributed by atoms with Gasteiger partial charge in [0.05, 0.1) is 0 Å². The molecular formula is C27H19N5S. The second-order valence-electron chi connectivity index (χ2n) is 7.59. The van der Waals surface area contributed by atoms with Crippen LogP contribution in [0.5, 0.6) is 0 Å². The normalized spacial score (nSPS) is 11.0. The molecule has 158 valence electrons. The highest BCUT2D eigenvalue weighted by Gasteiger charge is 2.14. The Labute approximate surface area is 195 Å². The second-order valence-corrected chi connectivity index (χ2v) is 8.67. The van der Waals surface area contributed by atoms with Crippen molar-refractivity contribution in [1.82, 2.24) is 15.0 Å². The highest BCUT2D eigenvalue weighted by Crippen LogP contribution is 2.41. The van der Waals surface area contributed by atoms with Gasteiger partial charge in [-0.2, -0.15) is 0 Å². The molecule has 2 heterocycles. The second kappa shape index (κ2) is 8.33. The predicted octanol–water partition coefficient (Wildman–Crippen LogP) is 7.45. The van der Waals surface area contributed by atoms with E-state index in [4.69, 9.17) is 0 Å². The molecule has 2 aromatic heterocycles. The molecule has 0 amide bonds. The Balaban J connectivity index is 1.44. The molecule has 6 rings (SSSR count). The van der Waals surface area contributed by atoms with Crippen LogP contribution in [0.25, 0.3) is 20.2 Å². The first kappa shape index (κ1) is 19.4. The van der Waals surface area contributed by atoms with Gasteiger partial charge in [0.15, 0.2) is 0 Å². The molecule has 33 heavy (non-hydrogen) atoms. The van der Waals surface area contributed by atoms with Gasteiger partial charge in [-0.15, -0.1) is 11.3 Å². The van der Waals surface area contributed by atoms with Gasteiger partial charge in [-0.05, 0) is 54.6 Å². The highest BCUT2D eigenvalue weighted by atomic mass is 32.1. The monoisotopic (exact) mass is 445 g/mol. The summed E-state index contributed by atoms with van der Waals surface area (Å²) in [7, 11) is 0. The average molecular weight is 446 g/mol. The van der Waals surface area contributed by atoms with E-state index in [1.807, 2.05) is 12.1 Å². The van der Waals surface area contributed by atoms with Crippen molar-refractivity contribution in [2.24, 2.45) is 0 Å². The van der Waals surface area contributed by atoms with Gasteiger partial charge in [-0.1, -0.05) is 42.5 Å². The van der Waals surface area contributed by atoms with Crippen molar-refractivity contribution in [3.8, 4) is 0 Å². The van der Waals surface area contributed by atoms with E-state index in [0.717, 1.165) is 22.7 Å². The Morgan fingerprint density at radius 2 is 1.30 bits per heavy atom. The summed E-state index contributed by atoms with van der Waals surface area (Å²) < 4.78 is 2.49. The van der Waals surface area contributed by atoms with Crippen LogP contribution in [0.1, 0.15) is 0 Å². The van der Waals surface area contributed by atoms with Crippen LogP contribution in [0, 0.1) is 0 Å². The van der Waals surface area contributed by atoms with E-state index in [2.05, 4.69) is 110 Å². The molecule has 0 bridgehead atoms. The Hall–Kier alpha value is -4.29. The minimum atomic E-state index is 0.535. The SMILES string of the molecule is c1ccc(N(c2ccccc2)c2ccc3c(c2)sc2ccc(Nc4ncncn4)cc23)cc1. The number of thiophene rings is 1. The van der Waals surface area contributed by atoms with Gasteiger partial charge in [0.25, 0.3) is 0 Å². The van der Waals surface area contributed by atoms with Crippen LogP contribution in [-0.2, 0) is 0 Å². The van der Waals surface area contributed by atoms with Crippen LogP contribution in [0.4, 0.5) is 28.7 Å². The number of hydrogen-bond acceptors (Lipinski definition) is 6. The molecule has 5 nitrogen and oxygen atoms in total. The molecule has 0 saturated carbocycles. The molecule has 0 aliphatic rings. The number of para-hydroxylation sites is 2. The number of rotatable bonds is 5. The summed E-state index contributed by atoms with van der Waals surface area (Å²) in [5.74, 6) is 0.535. The number of aromatic nitrogens is 3. The van der Waals surface area contributed by atoms with E-state index >= 15 is 0 Å². The Morgan fingerprint density at radius 3 is 2.00 bits per heavy atom. The van der Waals surface area contributed by atoms with E-state index in [1.165, 1.54) is 32.8 Å². The van der Waals surface area contributed by atoms with Gasteiger partial charge in [0.2, 0.25) is 5.95 Å². The van der Waals surface area contributed by atoms with Crippen molar-refractivity contribution in [2.45, 2.75) is 0 Å². The lowest BCUT2D eigenvalue weighted by atomic mass is 10.1. The third-order valence-electron chi connectivity index (χ3n) is 5.49. The Morgan fingerprint density at radius 1 is 0.606 bits per heavy atom. The molecule has 0 saturated heterocycles. The topological polar surface area (TPSA) is 53.9 Å². The minimum absolute atomic E-state index is 0.535. The van der Waals surface area contributed by atoms with Crippen molar-refractivity contribution in [1.29, 1.82) is 0 Å². The summed E-state index contributed by atoms with van der Waals surface area (Å²) in [4.78, 5) is 14.5. The largest absolute Gasteiger partial charge is 0.324 e. The molecule has 1 N–H and O–H groups in total. The van der Waals surface area contributed by atoms with Crippen molar-refractivity contribution in [2.75, 3.05) is 10.2 Å². The van der Waals surface area contributed by atoms with Gasteiger partial charge in [-0.3, -0.25) is 0 Å². The standard InChI is InChI=1S/C27H19N5S/c1-3-7-20(8-4-1)32(21-9-5-2-6-10-21)22-12-13-23-24-15-19(31-27-29-17-28-18-30-27)11-14-25(24)33-26(23)16-22/h1-18H,(H,28,29,30,31). The molecular weight excluding hydrogens is 426 g/mol. The fraction of sp³-hybridized carbons (Fsp3) is 0. The predicted molar refractivity (Wildman–Crippen MR) is 137 cm³/mol. The van der Waals surface area contributed by atoms with Crippen LogP contribution >= 0.6 is 11.3 Å². The third kappa shape index (κ3) is 3.77. The number of fused-ring (bicyclic) bond motifs is 3. The van der Waals surface area contributed by atoms with E-state index in [9.17, 15) is 0 Å². The Kier molecular flexibility index (Phi) is 4.90. The van der Waals surface area contributed by atoms with Crippen molar-refractivity contribution >= 4 is 60.2 Å². The summed E-state index contributed by atoms with van der Waals surface area (Å²) in [6.45, 7) is 0. The number of nitrogens with one attached hydrogen (secondary N) is 1. The zero-order valence-electron chi connectivity index (χ0n) is 17.6. The van der Waals surface area contributed by atoms with Crippen LogP contribution in [0.15, 0.2) is 110 Å². The summed E-state index contributed by atoms with van der Waals surface area (Å²) in [6.07, 6.45) is 2.97. The van der Waals surface area contributed by atoms with E-state index in [1.54, 1.807) is 11.3 Å². The zero-order valence-corrected chi connectivity index (χ0v) is 18.4. The van der Waals surface area contributed by atoms with E-state index < -0.39 is 0 Å². The lowest BCUT2D eigenvalue weighted by molar-refractivity contribution is 1.05. The lowest BCUT2D eigenvalue weighted by Gasteiger charge is -2.25. The quantitative estimate of drug-likeness (QED) is 0.299. The highest BCUT2D eigenvalue weighted by molar-refractivity contribution is 7.25. The van der Waals surface area contributed by atoms with Crippen molar-refractivity contribution < 1.29 is 0 Å². The molecule has 0 atom stereocenters. The van der Waals surface area contributed by atoms with Gasteiger partial charge >= 0.3 is 0 Å². The maximum absolute atomic E-state index is 4.16. The number of benzene rings is 4. The van der Waals surface area contributed by atoms with Crippen LogP contribution in [-0.4, -0.2) is 15.0 Å². The Bertz CT molecular complexity index is 1490. The fourth-order valence-electron chi connectivity index (χ4n) is 4.02. The summed E-state index contributed by atoms with van der Waals surface area (Å²) in [6, 6.07) is 34.0. The van der Waals surface area contributed by atoms with Crippen LogP contribution in [0.3, 0.4) is 0 Å². The van der Waals surface area contributed by atoms with E-state index in [-0.39, 0.29) is 0 Å². The molecule has 6 aromatic rings. The smallest absolute Gasteiger partial charge is 0.230 e. The van der Waals surface area contributed by atoms with Gasteiger partial charge in [0.1, 0.15) is 12.7 Å². The first-order valence-corrected chi connectivity index (χ1v) is 11.4. The van der Waals surface area contributed by atoms with E-state index in [0.29, 0.717) is 5.95 Å². The number of nitrogens with zero attached hydrogens (tertiary/aromatic N) is 4. The molecule has 6 heteroatoms. The van der Waals surface area contributed by atoms with Crippen LogP contribution < -0.4 is 10.2 Å². The van der Waals surface area contributed by atoms with Gasteiger partial charge < -0.3 is 10.2 Å². The molecule has 0 fully saturated rings. The maximum Gasteiger partial charge on any atom is 0.230 e. The molecule has 0 aliphatic carbocycles. The fourth-order valence-corrected chi connectivity index (χ4v) is 5.14. The number of anilines is 5. The number of hydrogen-bond donors (Lipinski definition) is 1. The third-order valence-corrected chi connectivity index (χ3v) is 6.62. The lowest BCUT2D eigenvalue weighted by Crippen LogP contribution is -2.09. The zero-order chi connectivity index (χ0) is 22.0. The minimum Gasteiger partial charge on any atom is -0.324 e. The summed E-state index contributed by atoms with van der Waals surface area (Å²) in [5, 5.41) is 5.71. The molecule has 4 aromatic carbocycles. The molecule has 0 unspecified atom stereocenters. The van der Waals surface area contributed by atoms with Gasteiger partial charge in [-0.25, -0.2) is 15.0 Å². The average Bonchev–Trinajstić information content (AvgIpc) is 3.23. The van der Waals surface area contributed by atoms with Crippen molar-refractivity contribution in [3.05, 3.63) is 110 Å². The first-order valence-electron chi connectivity index (χ1n) is 10.6. The molecule has 0 spiro atoms. The maximum atomic E-state index is 4.16. The molecule has 0 radical (unpaired) electrons. The summed E-state index contributed by atoms with van der Waals surface area (Å²) >= 11 is 1.80. The first-order chi connectivity index (χ1) is 16.3. The van der Waals surface area contributed by atoms with Gasteiger partial charge in [0, 0.05) is 42.9 Å². The van der Waals surface area contributed by atoms with Crippen molar-refractivity contribution in [3.63, 3.8) is 0 Å². The summed E-state index contributed by atoms with van der Waals surface area (Å²) in [5.41, 5.74) is 4.35. The van der Waals surface area contributed by atoms with Crippen LogP contribution in [0.2, 0.25) is 0 Å². The molecule has 0 aliphatic heterocycles.